The van der Waals surface area contributed by atoms with Crippen LogP contribution in [0.5, 0.6) is 5.75 Å². The van der Waals surface area contributed by atoms with E-state index >= 15 is 0 Å². The van der Waals surface area contributed by atoms with Crippen LogP contribution in [0.4, 0.5) is 0 Å². The molecule has 1 rings (SSSR count). The molecule has 0 saturated carbocycles. The lowest BCUT2D eigenvalue weighted by Crippen LogP contribution is -2.24. The first-order chi connectivity index (χ1) is 9.81. The fourth-order valence-corrected chi connectivity index (χ4v) is 3.50. The first-order valence-electron chi connectivity index (χ1n) is 7.46. The lowest BCUT2D eigenvalue weighted by molar-refractivity contribution is 0.225. The van der Waals surface area contributed by atoms with Crippen LogP contribution in [0.3, 0.4) is 0 Å². The van der Waals surface area contributed by atoms with E-state index in [1.807, 2.05) is 26.0 Å². The van der Waals surface area contributed by atoms with Gasteiger partial charge in [-0.05, 0) is 36.5 Å². The van der Waals surface area contributed by atoms with E-state index in [0.29, 0.717) is 6.61 Å². The molecule has 3 nitrogen and oxygen atoms in total. The normalized spacial score (nSPS) is 13.4. The van der Waals surface area contributed by atoms with Crippen LogP contribution in [0.2, 0.25) is 0 Å². The maximum atomic E-state index is 11.2. The van der Waals surface area contributed by atoms with Crippen molar-refractivity contribution in [2.24, 2.45) is 11.8 Å². The number of rotatable bonds is 9. The molecular formula is C16H25ClO3S. The Morgan fingerprint density at radius 3 is 2.29 bits per heavy atom. The van der Waals surface area contributed by atoms with Gasteiger partial charge in [-0.2, -0.15) is 0 Å². The molecule has 21 heavy (non-hydrogen) atoms. The second kappa shape index (κ2) is 8.64. The smallest absolute Gasteiger partial charge is 0.233 e. The molecule has 0 aromatic heterocycles. The van der Waals surface area contributed by atoms with Gasteiger partial charge in [0.15, 0.2) is 0 Å². The van der Waals surface area contributed by atoms with Crippen LogP contribution in [-0.4, -0.2) is 20.8 Å². The quantitative estimate of drug-likeness (QED) is 0.635. The minimum absolute atomic E-state index is 0.0548. The van der Waals surface area contributed by atoms with Gasteiger partial charge in [0.1, 0.15) is 5.75 Å². The minimum atomic E-state index is -3.50. The van der Waals surface area contributed by atoms with Crippen molar-refractivity contribution in [2.75, 3.05) is 12.4 Å². The van der Waals surface area contributed by atoms with Crippen molar-refractivity contribution in [1.29, 1.82) is 0 Å². The maximum absolute atomic E-state index is 11.2. The van der Waals surface area contributed by atoms with Crippen molar-refractivity contribution in [3.05, 3.63) is 29.8 Å². The van der Waals surface area contributed by atoms with Gasteiger partial charge in [0.05, 0.1) is 12.4 Å². The number of halogens is 1. The van der Waals surface area contributed by atoms with Crippen LogP contribution < -0.4 is 4.74 Å². The third-order valence-electron chi connectivity index (χ3n) is 3.56. The summed E-state index contributed by atoms with van der Waals surface area (Å²) in [5.41, 5.74) is 1.30. The summed E-state index contributed by atoms with van der Waals surface area (Å²) in [6, 6.07) is 8.01. The van der Waals surface area contributed by atoms with Crippen LogP contribution in [0, 0.1) is 11.8 Å². The molecule has 120 valence electrons. The van der Waals surface area contributed by atoms with Crippen molar-refractivity contribution in [3.8, 4) is 5.75 Å². The highest BCUT2D eigenvalue weighted by Crippen LogP contribution is 2.19. The van der Waals surface area contributed by atoms with Gasteiger partial charge in [0, 0.05) is 16.6 Å². The van der Waals surface area contributed by atoms with Gasteiger partial charge >= 0.3 is 0 Å². The van der Waals surface area contributed by atoms with E-state index in [2.05, 4.69) is 19.1 Å². The van der Waals surface area contributed by atoms with Crippen molar-refractivity contribution in [1.82, 2.24) is 0 Å². The lowest BCUT2D eigenvalue weighted by Gasteiger charge is -2.19. The van der Waals surface area contributed by atoms with Crippen molar-refractivity contribution < 1.29 is 13.2 Å². The summed E-state index contributed by atoms with van der Waals surface area (Å²) >= 11 is 0. The number of aryl methyl sites for hydroxylation is 1. The third-order valence-corrected chi connectivity index (χ3v) is 4.77. The van der Waals surface area contributed by atoms with Crippen LogP contribution in [0.15, 0.2) is 24.3 Å². The van der Waals surface area contributed by atoms with E-state index in [9.17, 15) is 8.42 Å². The highest BCUT2D eigenvalue weighted by molar-refractivity contribution is 8.13. The van der Waals surface area contributed by atoms with Crippen LogP contribution in [0.1, 0.15) is 39.2 Å². The number of unbranched alkanes of at least 4 members (excludes halogenated alkanes) is 1. The first-order valence-corrected chi connectivity index (χ1v) is 9.93. The average Bonchev–Trinajstić information content (AvgIpc) is 2.41. The van der Waals surface area contributed by atoms with Gasteiger partial charge in [0.25, 0.3) is 0 Å². The van der Waals surface area contributed by atoms with Gasteiger partial charge < -0.3 is 4.74 Å². The summed E-state index contributed by atoms with van der Waals surface area (Å²) in [4.78, 5) is 0. The zero-order chi connectivity index (χ0) is 15.9. The van der Waals surface area contributed by atoms with Crippen LogP contribution in [-0.2, 0) is 15.5 Å². The number of benzene rings is 1. The Kier molecular flexibility index (Phi) is 7.53. The summed E-state index contributed by atoms with van der Waals surface area (Å²) in [5, 5.41) is 0. The predicted octanol–water partition coefficient (Wildman–Crippen LogP) is 4.25. The van der Waals surface area contributed by atoms with E-state index in [0.717, 1.165) is 12.2 Å². The third kappa shape index (κ3) is 7.72. The molecule has 0 spiro atoms. The fourth-order valence-electron chi connectivity index (χ4n) is 2.03. The zero-order valence-corrected chi connectivity index (χ0v) is 14.6. The molecule has 0 aliphatic heterocycles. The molecule has 1 atom stereocenters. The Balaban J connectivity index is 2.55. The van der Waals surface area contributed by atoms with Crippen molar-refractivity contribution >= 4 is 19.7 Å². The Morgan fingerprint density at radius 1 is 1.19 bits per heavy atom. The molecule has 0 fully saturated rings. The van der Waals surface area contributed by atoms with Crippen LogP contribution >= 0.6 is 10.7 Å². The number of hydrogen-bond acceptors (Lipinski definition) is 3. The molecule has 0 bridgehead atoms. The van der Waals surface area contributed by atoms with Gasteiger partial charge in [-0.15, -0.1) is 0 Å². The van der Waals surface area contributed by atoms with Gasteiger partial charge in [-0.1, -0.05) is 39.3 Å². The summed E-state index contributed by atoms with van der Waals surface area (Å²) < 4.78 is 28.1. The molecule has 0 aliphatic carbocycles. The van der Waals surface area contributed by atoms with E-state index in [-0.39, 0.29) is 17.6 Å². The molecule has 5 heteroatoms. The van der Waals surface area contributed by atoms with Crippen LogP contribution in [0.25, 0.3) is 0 Å². The molecule has 1 unspecified atom stereocenters. The number of hydrogen-bond donors (Lipinski definition) is 0. The predicted molar refractivity (Wildman–Crippen MR) is 88.5 cm³/mol. The van der Waals surface area contributed by atoms with E-state index in [1.165, 1.54) is 18.4 Å². The van der Waals surface area contributed by atoms with Gasteiger partial charge in [-0.3, -0.25) is 0 Å². The second-order valence-corrected chi connectivity index (χ2v) is 8.59. The molecule has 0 heterocycles. The molecular weight excluding hydrogens is 308 g/mol. The van der Waals surface area contributed by atoms with Crippen molar-refractivity contribution in [3.63, 3.8) is 0 Å². The fraction of sp³-hybridized carbons (Fsp3) is 0.625. The zero-order valence-electron chi connectivity index (χ0n) is 13.0. The highest BCUT2D eigenvalue weighted by atomic mass is 35.7. The van der Waals surface area contributed by atoms with E-state index in [1.54, 1.807) is 0 Å². The summed E-state index contributed by atoms with van der Waals surface area (Å²) in [6.45, 7) is 6.49. The first kappa shape index (κ1) is 18.3. The highest BCUT2D eigenvalue weighted by Gasteiger charge is 2.21. The standard InChI is InChI=1S/C16H25ClO3S/c1-4-5-6-14-7-9-16(10-8-14)20-11-15(13(2)3)12-21(17,18)19/h7-10,13,15H,4-6,11-12H2,1-3H3. The Bertz CT molecular complexity index is 509. The van der Waals surface area contributed by atoms with Crippen molar-refractivity contribution in [2.45, 2.75) is 40.0 Å². The Labute approximate surface area is 133 Å². The summed E-state index contributed by atoms with van der Waals surface area (Å²) in [5.74, 6) is 0.809. The SMILES string of the molecule is CCCCc1ccc(OCC(CS(=O)(=O)Cl)C(C)C)cc1. The average molecular weight is 333 g/mol. The topological polar surface area (TPSA) is 43.4 Å². The maximum Gasteiger partial charge on any atom is 0.233 e. The molecule has 1 aromatic carbocycles. The summed E-state index contributed by atoms with van der Waals surface area (Å²) in [6.07, 6.45) is 3.44. The minimum Gasteiger partial charge on any atom is -0.493 e. The molecule has 1 aromatic rings. The summed E-state index contributed by atoms with van der Waals surface area (Å²) in [7, 11) is 1.84. The Morgan fingerprint density at radius 2 is 1.81 bits per heavy atom. The van der Waals surface area contributed by atoms with Gasteiger partial charge in [-0.25, -0.2) is 8.42 Å². The lowest BCUT2D eigenvalue weighted by atomic mass is 9.99. The molecule has 0 N–H and O–H groups in total. The molecule has 0 saturated heterocycles. The largest absolute Gasteiger partial charge is 0.493 e. The second-order valence-electron chi connectivity index (χ2n) is 5.77. The monoisotopic (exact) mass is 332 g/mol. The van der Waals surface area contributed by atoms with E-state index in [4.69, 9.17) is 15.4 Å². The van der Waals surface area contributed by atoms with Gasteiger partial charge in [0.2, 0.25) is 9.05 Å². The Hall–Kier alpha value is -0.740. The molecule has 0 amide bonds. The van der Waals surface area contributed by atoms with E-state index < -0.39 is 9.05 Å². The molecule has 0 radical (unpaired) electrons. The number of ether oxygens (including phenoxy) is 1. The molecule has 0 aliphatic rings.